The van der Waals surface area contributed by atoms with E-state index in [0.29, 0.717) is 11.8 Å². The molecule has 2 N–H and O–H groups in total. The maximum atomic E-state index is 13.5. The van der Waals surface area contributed by atoms with Crippen LogP contribution in [0.1, 0.15) is 25.0 Å². The van der Waals surface area contributed by atoms with Gasteiger partial charge in [0.15, 0.2) is 5.11 Å². The van der Waals surface area contributed by atoms with Gasteiger partial charge in [-0.1, -0.05) is 11.6 Å². The Labute approximate surface area is 208 Å². The molecule has 2 aromatic rings. The van der Waals surface area contributed by atoms with E-state index in [1.54, 1.807) is 0 Å². The highest BCUT2D eigenvalue weighted by Gasteiger charge is 2.50. The molecule has 1 saturated heterocycles. The highest BCUT2D eigenvalue weighted by molar-refractivity contribution is 7.81. The third-order valence-electron chi connectivity index (χ3n) is 5.12. The van der Waals surface area contributed by atoms with Gasteiger partial charge in [-0.3, -0.25) is 15.0 Å². The van der Waals surface area contributed by atoms with Crippen molar-refractivity contribution in [1.82, 2.24) is 0 Å². The second-order valence-electron chi connectivity index (χ2n) is 7.81. The molecule has 0 unspecified atom stereocenters. The van der Waals surface area contributed by atoms with Crippen molar-refractivity contribution >= 4 is 58.0 Å². The van der Waals surface area contributed by atoms with E-state index in [4.69, 9.17) is 38.9 Å². The molecule has 0 saturated carbocycles. The Morgan fingerprint density at radius 3 is 2.51 bits per heavy atom. The van der Waals surface area contributed by atoms with Crippen LogP contribution in [0.4, 0.5) is 35.0 Å². The van der Waals surface area contributed by atoms with Gasteiger partial charge < -0.3 is 14.7 Å². The summed E-state index contributed by atoms with van der Waals surface area (Å²) in [6.07, 6.45) is -5.70. The Morgan fingerprint density at radius 2 is 1.91 bits per heavy atom. The number of nitrogens with one attached hydrogen (secondary N) is 1. The van der Waals surface area contributed by atoms with Crippen LogP contribution in [0.2, 0.25) is 5.02 Å². The number of aliphatic hydroxyl groups is 1. The van der Waals surface area contributed by atoms with E-state index in [1.165, 1.54) is 49.1 Å². The maximum absolute atomic E-state index is 13.5. The molecule has 1 heterocycles. The van der Waals surface area contributed by atoms with Crippen molar-refractivity contribution in [3.05, 3.63) is 52.5 Å². The number of ether oxygens (including phenoxy) is 1. The standard InChI is InChI=1S/C22H18ClF3N4O4S/c1-21(2)18(32)29(13-4-3-12(11-27)15(9-13)22(24,25)26)20(35)30(21)14-5-6-16(23)17(10-14)28-19(33)34-8-7-31/h3-6,9-10,31H,7-8H2,1-2H3,(H,28,33). The molecule has 2 aromatic carbocycles. The summed E-state index contributed by atoms with van der Waals surface area (Å²) in [6.45, 7) is 2.46. The quantitative estimate of drug-likeness (QED) is 0.544. The Bertz CT molecular complexity index is 1250. The fourth-order valence-electron chi connectivity index (χ4n) is 3.49. The highest BCUT2D eigenvalue weighted by Crippen LogP contribution is 2.40. The van der Waals surface area contributed by atoms with E-state index in [9.17, 15) is 22.8 Å². The number of rotatable bonds is 5. The first-order valence-electron chi connectivity index (χ1n) is 9.97. The van der Waals surface area contributed by atoms with E-state index in [0.717, 1.165) is 11.0 Å². The van der Waals surface area contributed by atoms with E-state index >= 15 is 0 Å². The van der Waals surface area contributed by atoms with Gasteiger partial charge >= 0.3 is 12.3 Å². The number of aliphatic hydroxyl groups excluding tert-OH is 1. The van der Waals surface area contributed by atoms with Crippen LogP contribution in [0.25, 0.3) is 0 Å². The molecule has 1 aliphatic rings. The molecule has 0 spiro atoms. The molecule has 184 valence electrons. The number of thiocarbonyl (C=S) groups is 1. The lowest BCUT2D eigenvalue weighted by atomic mass is 10.0. The van der Waals surface area contributed by atoms with Crippen LogP contribution in [0.5, 0.6) is 0 Å². The Morgan fingerprint density at radius 1 is 1.26 bits per heavy atom. The van der Waals surface area contributed by atoms with Crippen LogP contribution >= 0.6 is 23.8 Å². The van der Waals surface area contributed by atoms with Gasteiger partial charge in [-0.2, -0.15) is 18.4 Å². The van der Waals surface area contributed by atoms with Crippen molar-refractivity contribution < 1.29 is 32.6 Å². The van der Waals surface area contributed by atoms with Gasteiger partial charge in [-0.15, -0.1) is 0 Å². The van der Waals surface area contributed by atoms with Gasteiger partial charge in [0.05, 0.1) is 40.2 Å². The average Bonchev–Trinajstić information content (AvgIpc) is 2.96. The van der Waals surface area contributed by atoms with E-state index in [-0.39, 0.29) is 34.7 Å². The number of halogens is 4. The van der Waals surface area contributed by atoms with Gasteiger partial charge in [-0.05, 0) is 62.5 Å². The highest BCUT2D eigenvalue weighted by atomic mass is 35.5. The molecule has 1 fully saturated rings. The first-order chi connectivity index (χ1) is 16.3. The number of amides is 2. The van der Waals surface area contributed by atoms with Crippen molar-refractivity contribution in [3.63, 3.8) is 0 Å². The molecule has 0 bridgehead atoms. The summed E-state index contributed by atoms with van der Waals surface area (Å²) in [5, 5.41) is 20.3. The molecule has 8 nitrogen and oxygen atoms in total. The third-order valence-corrected chi connectivity index (χ3v) is 5.82. The Hall–Kier alpha value is -3.40. The SMILES string of the molecule is CC1(C)C(=O)N(c2ccc(C#N)c(C(F)(F)F)c2)C(=S)N1c1ccc(Cl)c(NC(=O)OCCO)c1. The maximum Gasteiger partial charge on any atom is 0.417 e. The number of hydrogen-bond donors (Lipinski definition) is 2. The Kier molecular flexibility index (Phi) is 7.26. The van der Waals surface area contributed by atoms with Crippen LogP contribution in [0, 0.1) is 11.3 Å². The number of anilines is 3. The lowest BCUT2D eigenvalue weighted by molar-refractivity contribution is -0.137. The van der Waals surface area contributed by atoms with Crippen molar-refractivity contribution in [3.8, 4) is 6.07 Å². The summed E-state index contributed by atoms with van der Waals surface area (Å²) >= 11 is 11.6. The van der Waals surface area contributed by atoms with Crippen molar-refractivity contribution in [2.45, 2.75) is 25.6 Å². The first kappa shape index (κ1) is 26.2. The van der Waals surface area contributed by atoms with Crippen molar-refractivity contribution in [1.29, 1.82) is 5.26 Å². The van der Waals surface area contributed by atoms with Crippen molar-refractivity contribution in [2.75, 3.05) is 28.3 Å². The molecule has 0 aliphatic carbocycles. The molecule has 2 amide bonds. The van der Waals surface area contributed by atoms with Gasteiger partial charge in [0.1, 0.15) is 12.1 Å². The zero-order valence-electron chi connectivity index (χ0n) is 18.3. The predicted molar refractivity (Wildman–Crippen MR) is 126 cm³/mol. The van der Waals surface area contributed by atoms with Crippen LogP contribution in [-0.4, -0.2) is 41.0 Å². The molecule has 35 heavy (non-hydrogen) atoms. The fraction of sp³-hybridized carbons (Fsp3) is 0.273. The lowest BCUT2D eigenvalue weighted by Crippen LogP contribution is -2.44. The van der Waals surface area contributed by atoms with Crippen LogP contribution < -0.4 is 15.1 Å². The molecule has 13 heteroatoms. The fourth-order valence-corrected chi connectivity index (χ4v) is 4.18. The molecule has 0 radical (unpaired) electrons. The Balaban J connectivity index is 2.02. The van der Waals surface area contributed by atoms with Gasteiger partial charge in [-0.25, -0.2) is 4.79 Å². The van der Waals surface area contributed by atoms with Crippen molar-refractivity contribution in [2.24, 2.45) is 0 Å². The monoisotopic (exact) mass is 526 g/mol. The van der Waals surface area contributed by atoms with E-state index in [1.807, 2.05) is 0 Å². The predicted octanol–water partition coefficient (Wildman–Crippen LogP) is 4.69. The number of carbonyl (C=O) groups excluding carboxylic acids is 2. The zero-order valence-corrected chi connectivity index (χ0v) is 19.9. The minimum absolute atomic E-state index is 0.117. The molecule has 0 atom stereocenters. The van der Waals surface area contributed by atoms with E-state index < -0.39 is 34.8 Å². The lowest BCUT2D eigenvalue weighted by Gasteiger charge is -2.30. The van der Waals surface area contributed by atoms with Crippen LogP contribution in [-0.2, 0) is 15.7 Å². The molecular weight excluding hydrogens is 509 g/mol. The summed E-state index contributed by atoms with van der Waals surface area (Å²) in [5.41, 5.74) is -2.81. The largest absolute Gasteiger partial charge is 0.447 e. The normalized spacial score (nSPS) is 15.3. The summed E-state index contributed by atoms with van der Waals surface area (Å²) in [6, 6.07) is 8.78. The number of carbonyl (C=O) groups is 2. The number of hydrogen-bond acceptors (Lipinski definition) is 6. The number of benzene rings is 2. The average molecular weight is 527 g/mol. The van der Waals surface area contributed by atoms with Crippen LogP contribution in [0.15, 0.2) is 36.4 Å². The van der Waals surface area contributed by atoms with Gasteiger partial charge in [0, 0.05) is 5.69 Å². The van der Waals surface area contributed by atoms with Gasteiger partial charge in [0.2, 0.25) is 0 Å². The summed E-state index contributed by atoms with van der Waals surface area (Å²) in [7, 11) is 0. The molecular formula is C22H18ClF3N4O4S. The number of nitriles is 1. The minimum Gasteiger partial charge on any atom is -0.447 e. The van der Waals surface area contributed by atoms with E-state index in [2.05, 4.69) is 5.32 Å². The van der Waals surface area contributed by atoms with Gasteiger partial charge in [0.25, 0.3) is 5.91 Å². The third kappa shape index (κ3) is 5.02. The smallest absolute Gasteiger partial charge is 0.417 e. The van der Waals surface area contributed by atoms with Crippen LogP contribution in [0.3, 0.4) is 0 Å². The summed E-state index contributed by atoms with van der Waals surface area (Å²) in [5.74, 6) is -0.604. The second-order valence-corrected chi connectivity index (χ2v) is 8.58. The minimum atomic E-state index is -4.82. The number of alkyl halides is 3. The molecule has 0 aromatic heterocycles. The molecule has 1 aliphatic heterocycles. The number of nitrogens with zero attached hydrogens (tertiary/aromatic N) is 3. The first-order valence-corrected chi connectivity index (χ1v) is 10.8. The summed E-state index contributed by atoms with van der Waals surface area (Å²) in [4.78, 5) is 27.6. The zero-order chi connectivity index (χ0) is 26.1. The summed E-state index contributed by atoms with van der Waals surface area (Å²) < 4.78 is 45.2. The molecule has 3 rings (SSSR count). The second kappa shape index (κ2) is 9.69. The topological polar surface area (TPSA) is 106 Å².